The Morgan fingerprint density at radius 1 is 0.862 bits per heavy atom. The fourth-order valence-electron chi connectivity index (χ4n) is 10.1. The molecule has 14 heteroatoms. The van der Waals surface area contributed by atoms with E-state index in [0.29, 0.717) is 38.9 Å². The van der Waals surface area contributed by atoms with Crippen LogP contribution >= 0.6 is 11.6 Å². The van der Waals surface area contributed by atoms with Crippen LogP contribution in [0.5, 0.6) is 5.75 Å². The number of carbonyl (C=O) groups excluding carboxylic acids is 5. The van der Waals surface area contributed by atoms with Gasteiger partial charge in [0.05, 0.1) is 21.7 Å². The van der Waals surface area contributed by atoms with Crippen molar-refractivity contribution in [2.24, 2.45) is 16.7 Å². The molecule has 8 rings (SSSR count). The van der Waals surface area contributed by atoms with Gasteiger partial charge in [0.25, 0.3) is 17.7 Å². The molecule has 4 heterocycles. The average molecular weight is 806 g/mol. The molecular formula is C44H48ClN7O6. The van der Waals surface area contributed by atoms with E-state index >= 15 is 0 Å². The fraction of sp³-hybridized carbons (Fsp3) is 0.455. The lowest BCUT2D eigenvalue weighted by Crippen LogP contribution is -2.74. The van der Waals surface area contributed by atoms with Gasteiger partial charge in [-0.05, 0) is 73.4 Å². The molecule has 0 spiro atoms. The number of ether oxygens (including phenoxy) is 1. The number of nitriles is 1. The normalized spacial score (nSPS) is 25.2. The van der Waals surface area contributed by atoms with Gasteiger partial charge in [-0.3, -0.25) is 39.1 Å². The number of amides is 5. The summed E-state index contributed by atoms with van der Waals surface area (Å²) in [4.78, 5) is 72.2. The number of anilines is 2. The predicted molar refractivity (Wildman–Crippen MR) is 218 cm³/mol. The number of hydrogen-bond acceptors (Lipinski definition) is 10. The zero-order valence-electron chi connectivity index (χ0n) is 33.2. The van der Waals surface area contributed by atoms with Gasteiger partial charge in [-0.2, -0.15) is 5.26 Å². The average Bonchev–Trinajstić information content (AvgIpc) is 3.77. The van der Waals surface area contributed by atoms with Crippen molar-refractivity contribution < 1.29 is 28.7 Å². The molecule has 58 heavy (non-hydrogen) atoms. The van der Waals surface area contributed by atoms with Crippen LogP contribution < -0.4 is 25.2 Å². The first-order valence-corrected chi connectivity index (χ1v) is 20.4. The van der Waals surface area contributed by atoms with Crippen molar-refractivity contribution in [3.63, 3.8) is 0 Å². The summed E-state index contributed by atoms with van der Waals surface area (Å²) < 4.78 is 6.38. The maximum absolute atomic E-state index is 13.5. The smallest absolute Gasteiger partial charge is 0.262 e. The Kier molecular flexibility index (Phi) is 10.2. The number of nitrogens with zero attached hydrogens (tertiary/aromatic N) is 5. The van der Waals surface area contributed by atoms with Crippen LogP contribution in [0.25, 0.3) is 0 Å². The van der Waals surface area contributed by atoms with Crippen molar-refractivity contribution in [1.29, 1.82) is 5.26 Å². The maximum atomic E-state index is 13.5. The summed E-state index contributed by atoms with van der Waals surface area (Å²) in [6.07, 6.45) is 1.05. The summed E-state index contributed by atoms with van der Waals surface area (Å²) in [7, 11) is 0. The summed E-state index contributed by atoms with van der Waals surface area (Å²) in [5.74, 6) is -1.06. The Hall–Kier alpha value is -5.45. The lowest BCUT2D eigenvalue weighted by molar-refractivity contribution is -0.164. The SMILES string of the molecule is CC1(C)C(NC(=O)c2ccc(N3CCN(C[C@H]4CCN(c5ccc6c(c5)C(=O)N(C5CCC(=O)NC5=O)C6=O)C4)CC3)cc2)C(C)(C)C1Oc1ccc(C#N)c(Cl)c1. The second kappa shape index (κ2) is 15.1. The monoisotopic (exact) mass is 805 g/mol. The molecule has 5 amide bonds. The summed E-state index contributed by atoms with van der Waals surface area (Å²) >= 11 is 6.25. The van der Waals surface area contributed by atoms with Crippen LogP contribution in [-0.2, 0) is 9.59 Å². The molecular weight excluding hydrogens is 758 g/mol. The van der Waals surface area contributed by atoms with Crippen LogP contribution in [-0.4, -0.2) is 103 Å². The van der Waals surface area contributed by atoms with E-state index in [1.807, 2.05) is 30.3 Å². The number of rotatable bonds is 9. The van der Waals surface area contributed by atoms with Crippen LogP contribution in [0.1, 0.15) is 83.6 Å². The topological polar surface area (TPSA) is 155 Å². The highest BCUT2D eigenvalue weighted by molar-refractivity contribution is 6.31. The lowest BCUT2D eigenvalue weighted by Gasteiger charge is -2.63. The van der Waals surface area contributed by atoms with Gasteiger partial charge in [0, 0.05) is 92.1 Å². The quantitative estimate of drug-likeness (QED) is 0.286. The number of nitrogens with one attached hydrogen (secondary N) is 2. The molecule has 1 saturated carbocycles. The summed E-state index contributed by atoms with van der Waals surface area (Å²) in [6.45, 7) is 14.6. The first-order valence-electron chi connectivity index (χ1n) is 20.0. The highest BCUT2D eigenvalue weighted by Crippen LogP contribution is 2.55. The van der Waals surface area contributed by atoms with E-state index in [-0.39, 0.29) is 41.7 Å². The van der Waals surface area contributed by atoms with E-state index in [9.17, 15) is 29.2 Å². The number of halogens is 1. The third kappa shape index (κ3) is 7.06. The van der Waals surface area contributed by atoms with Gasteiger partial charge in [0.2, 0.25) is 11.8 Å². The molecule has 13 nitrogen and oxygen atoms in total. The zero-order valence-corrected chi connectivity index (χ0v) is 34.0. The number of piperidine rings is 1. The molecule has 2 N–H and O–H groups in total. The summed E-state index contributed by atoms with van der Waals surface area (Å²) in [6, 6.07) is 19.2. The minimum Gasteiger partial charge on any atom is -0.489 e. The summed E-state index contributed by atoms with van der Waals surface area (Å²) in [5.41, 5.74) is 2.86. The second-order valence-electron chi connectivity index (χ2n) is 17.4. The lowest BCUT2D eigenvalue weighted by atomic mass is 9.49. The minimum absolute atomic E-state index is 0.0881. The molecule has 3 aromatic rings. The number of fused-ring (bicyclic) bond motifs is 1. The van der Waals surface area contributed by atoms with Crippen LogP contribution in [0.2, 0.25) is 5.02 Å². The van der Waals surface area contributed by atoms with E-state index in [0.717, 1.165) is 68.5 Å². The van der Waals surface area contributed by atoms with Gasteiger partial charge in [0.1, 0.15) is 24.0 Å². The molecule has 302 valence electrons. The highest BCUT2D eigenvalue weighted by atomic mass is 35.5. The number of benzene rings is 3. The third-order valence-electron chi connectivity index (χ3n) is 12.9. The number of carbonyl (C=O) groups is 5. The number of piperazine rings is 1. The Morgan fingerprint density at radius 2 is 1.55 bits per heavy atom. The van der Waals surface area contributed by atoms with Crippen molar-refractivity contribution in [2.45, 2.75) is 65.1 Å². The van der Waals surface area contributed by atoms with Crippen molar-refractivity contribution >= 4 is 52.5 Å². The van der Waals surface area contributed by atoms with Gasteiger partial charge in [0.15, 0.2) is 0 Å². The third-order valence-corrected chi connectivity index (χ3v) is 13.2. The van der Waals surface area contributed by atoms with Crippen LogP contribution in [0, 0.1) is 28.1 Å². The standard InChI is InChI=1S/C44H48ClN7O6/c1-43(2)41(44(3,4)42(43)58-31-11-7-28(23-46)34(45)22-31)48-37(54)27-5-8-29(9-6-27)50-19-17-49(18-20-50)24-26-15-16-51(25-26)30-10-12-32-33(21-30)40(57)52(39(32)56)35-13-14-36(53)47-38(35)55/h5-12,21-22,26,35,41-42H,13-20,24-25H2,1-4H3,(H,48,54)(H,47,53,55)/t26-,35?,41?,42?/m1/s1. The first kappa shape index (κ1) is 39.4. The molecule has 5 aliphatic rings. The largest absolute Gasteiger partial charge is 0.489 e. The number of hydrogen-bond donors (Lipinski definition) is 2. The van der Waals surface area contributed by atoms with E-state index in [1.54, 1.807) is 30.3 Å². The Balaban J connectivity index is 0.807. The Labute approximate surface area is 343 Å². The van der Waals surface area contributed by atoms with E-state index in [2.05, 4.69) is 59.1 Å². The van der Waals surface area contributed by atoms with Crippen molar-refractivity contribution in [3.05, 3.63) is 87.9 Å². The van der Waals surface area contributed by atoms with Crippen molar-refractivity contribution in [2.75, 3.05) is 55.6 Å². The molecule has 4 fully saturated rings. The van der Waals surface area contributed by atoms with Crippen molar-refractivity contribution in [3.8, 4) is 11.8 Å². The molecule has 0 aromatic heterocycles. The molecule has 0 radical (unpaired) electrons. The molecule has 0 bridgehead atoms. The highest BCUT2D eigenvalue weighted by Gasteiger charge is 2.64. The molecule has 3 saturated heterocycles. The zero-order chi connectivity index (χ0) is 41.1. The van der Waals surface area contributed by atoms with E-state index in [4.69, 9.17) is 16.3 Å². The van der Waals surface area contributed by atoms with Gasteiger partial charge < -0.3 is 19.9 Å². The Bertz CT molecular complexity index is 2210. The summed E-state index contributed by atoms with van der Waals surface area (Å²) in [5, 5.41) is 15.1. The first-order chi connectivity index (χ1) is 27.6. The van der Waals surface area contributed by atoms with Gasteiger partial charge in [-0.15, -0.1) is 0 Å². The van der Waals surface area contributed by atoms with Crippen LogP contribution in [0.15, 0.2) is 60.7 Å². The van der Waals surface area contributed by atoms with Gasteiger partial charge in [-0.1, -0.05) is 39.3 Å². The Morgan fingerprint density at radius 3 is 2.22 bits per heavy atom. The van der Waals surface area contributed by atoms with E-state index in [1.165, 1.54) is 0 Å². The molecule has 2 atom stereocenters. The molecule has 1 aliphatic carbocycles. The van der Waals surface area contributed by atoms with Crippen LogP contribution in [0.4, 0.5) is 11.4 Å². The van der Waals surface area contributed by atoms with Crippen LogP contribution in [0.3, 0.4) is 0 Å². The maximum Gasteiger partial charge on any atom is 0.262 e. The molecule has 4 aliphatic heterocycles. The van der Waals surface area contributed by atoms with Crippen molar-refractivity contribution in [1.82, 2.24) is 20.4 Å². The predicted octanol–water partition coefficient (Wildman–Crippen LogP) is 4.87. The minimum atomic E-state index is -0.978. The van der Waals surface area contributed by atoms with Gasteiger partial charge >= 0.3 is 0 Å². The second-order valence-corrected chi connectivity index (χ2v) is 17.8. The fourth-order valence-corrected chi connectivity index (χ4v) is 10.3. The molecule has 1 unspecified atom stereocenters. The van der Waals surface area contributed by atoms with Gasteiger partial charge in [-0.25, -0.2) is 0 Å². The number of imide groups is 2. The molecule has 3 aromatic carbocycles. The van der Waals surface area contributed by atoms with E-state index < -0.39 is 29.7 Å².